The Morgan fingerprint density at radius 2 is 1.76 bits per heavy atom. The van der Waals surface area contributed by atoms with E-state index < -0.39 is 0 Å². The minimum Gasteiger partial charge on any atom is -0.467 e. The van der Waals surface area contributed by atoms with Crippen LogP contribution in [0.4, 0.5) is 5.95 Å². The number of nitrogens with one attached hydrogen (secondary N) is 1. The molecule has 0 spiro atoms. The van der Waals surface area contributed by atoms with Gasteiger partial charge in [-0.1, -0.05) is 18.2 Å². The molecule has 7 nitrogen and oxygen atoms in total. The topological polar surface area (TPSA) is 95.2 Å². The Morgan fingerprint density at radius 1 is 1.06 bits per heavy atom. The fraction of sp³-hybridized carbons (Fsp3) is 0.100. The number of nitrogens with two attached hydrogens (primary N) is 1. The first kappa shape index (κ1) is 11.1. The molecule has 2 rings (SSSR count). The highest BCUT2D eigenvalue weighted by atomic mass is 16.5. The van der Waals surface area contributed by atoms with Crippen LogP contribution in [0.25, 0.3) is 0 Å². The summed E-state index contributed by atoms with van der Waals surface area (Å²) in [5.74, 6) is 6.01. The molecule has 2 aromatic rings. The summed E-state index contributed by atoms with van der Waals surface area (Å²) < 4.78 is 10.3. The molecule has 0 aliphatic rings. The molecule has 0 saturated carbocycles. The minimum atomic E-state index is 0.107. The van der Waals surface area contributed by atoms with Gasteiger partial charge in [-0.05, 0) is 12.1 Å². The molecular weight excluding hydrogens is 222 g/mol. The van der Waals surface area contributed by atoms with Crippen LogP contribution in [0.15, 0.2) is 30.3 Å². The van der Waals surface area contributed by atoms with E-state index >= 15 is 0 Å². The Balaban J connectivity index is 2.26. The van der Waals surface area contributed by atoms with Crippen molar-refractivity contribution >= 4 is 5.95 Å². The zero-order valence-electron chi connectivity index (χ0n) is 9.12. The molecule has 0 aliphatic carbocycles. The number of hydrazine groups is 1. The van der Waals surface area contributed by atoms with Gasteiger partial charge in [0.25, 0.3) is 0 Å². The lowest BCUT2D eigenvalue weighted by atomic mass is 10.3. The van der Waals surface area contributed by atoms with E-state index in [1.807, 2.05) is 18.2 Å². The number of anilines is 1. The fourth-order valence-corrected chi connectivity index (χ4v) is 1.13. The number of nitrogen functional groups attached to an aromatic ring is 1. The zero-order valence-corrected chi connectivity index (χ0v) is 9.12. The molecule has 7 heteroatoms. The van der Waals surface area contributed by atoms with Gasteiger partial charge < -0.3 is 9.47 Å². The Kier molecular flexibility index (Phi) is 3.31. The highest BCUT2D eigenvalue weighted by molar-refractivity contribution is 5.29. The SMILES string of the molecule is COc1nc(NN)nc(Oc2ccccc2)n1. The fourth-order valence-electron chi connectivity index (χ4n) is 1.13. The molecule has 0 aliphatic heterocycles. The average Bonchev–Trinajstić information content (AvgIpc) is 2.39. The highest BCUT2D eigenvalue weighted by Crippen LogP contribution is 2.19. The van der Waals surface area contributed by atoms with Gasteiger partial charge in [-0.3, -0.25) is 5.43 Å². The largest absolute Gasteiger partial charge is 0.467 e. The first-order valence-corrected chi connectivity index (χ1v) is 4.81. The van der Waals surface area contributed by atoms with Crippen molar-refractivity contribution in [3.8, 4) is 17.8 Å². The molecule has 0 amide bonds. The Labute approximate surface area is 97.6 Å². The van der Waals surface area contributed by atoms with Gasteiger partial charge >= 0.3 is 12.0 Å². The van der Waals surface area contributed by atoms with Crippen molar-refractivity contribution in [2.75, 3.05) is 12.5 Å². The van der Waals surface area contributed by atoms with Crippen LogP contribution in [-0.2, 0) is 0 Å². The summed E-state index contributed by atoms with van der Waals surface area (Å²) >= 11 is 0. The third-order valence-electron chi connectivity index (χ3n) is 1.86. The average molecular weight is 233 g/mol. The molecule has 0 fully saturated rings. The van der Waals surface area contributed by atoms with Crippen molar-refractivity contribution in [3.05, 3.63) is 30.3 Å². The second-order valence-corrected chi connectivity index (χ2v) is 2.99. The number of ether oxygens (including phenoxy) is 2. The van der Waals surface area contributed by atoms with Crippen molar-refractivity contribution in [2.45, 2.75) is 0 Å². The van der Waals surface area contributed by atoms with E-state index in [-0.39, 0.29) is 18.0 Å². The molecule has 1 heterocycles. The van der Waals surface area contributed by atoms with Gasteiger partial charge in [0.2, 0.25) is 5.95 Å². The van der Waals surface area contributed by atoms with Crippen molar-refractivity contribution in [3.63, 3.8) is 0 Å². The van der Waals surface area contributed by atoms with Crippen LogP contribution in [-0.4, -0.2) is 22.1 Å². The van der Waals surface area contributed by atoms with Crippen molar-refractivity contribution in [1.82, 2.24) is 15.0 Å². The molecule has 1 aromatic heterocycles. The third kappa shape index (κ3) is 2.79. The molecule has 0 bridgehead atoms. The van der Waals surface area contributed by atoms with Crippen LogP contribution in [0.1, 0.15) is 0 Å². The summed E-state index contributed by atoms with van der Waals surface area (Å²) in [6, 6.07) is 9.37. The van der Waals surface area contributed by atoms with Gasteiger partial charge in [0, 0.05) is 0 Å². The second kappa shape index (κ2) is 5.08. The van der Waals surface area contributed by atoms with E-state index in [1.54, 1.807) is 12.1 Å². The van der Waals surface area contributed by atoms with Crippen LogP contribution in [0, 0.1) is 0 Å². The molecule has 0 saturated heterocycles. The van der Waals surface area contributed by atoms with Crippen LogP contribution < -0.4 is 20.7 Å². The number of rotatable bonds is 4. The second-order valence-electron chi connectivity index (χ2n) is 2.99. The Morgan fingerprint density at radius 3 is 2.41 bits per heavy atom. The minimum absolute atomic E-state index is 0.107. The summed E-state index contributed by atoms with van der Waals surface area (Å²) in [7, 11) is 1.45. The maximum Gasteiger partial charge on any atom is 0.330 e. The van der Waals surface area contributed by atoms with Crippen molar-refractivity contribution in [2.24, 2.45) is 5.84 Å². The molecule has 1 aromatic carbocycles. The van der Waals surface area contributed by atoms with Crippen LogP contribution >= 0.6 is 0 Å². The number of nitrogens with zero attached hydrogens (tertiary/aromatic N) is 3. The molecule has 0 radical (unpaired) electrons. The lowest BCUT2D eigenvalue weighted by Crippen LogP contribution is -2.12. The molecule has 0 unspecified atom stereocenters. The monoisotopic (exact) mass is 233 g/mol. The summed E-state index contributed by atoms with van der Waals surface area (Å²) in [6.07, 6.45) is 0. The van der Waals surface area contributed by atoms with Crippen molar-refractivity contribution in [1.29, 1.82) is 0 Å². The van der Waals surface area contributed by atoms with E-state index in [0.29, 0.717) is 5.75 Å². The van der Waals surface area contributed by atoms with E-state index in [0.717, 1.165) is 0 Å². The number of para-hydroxylation sites is 1. The van der Waals surface area contributed by atoms with E-state index in [1.165, 1.54) is 7.11 Å². The van der Waals surface area contributed by atoms with Crippen molar-refractivity contribution < 1.29 is 9.47 Å². The Bertz CT molecular complexity index is 469. The van der Waals surface area contributed by atoms with Gasteiger partial charge in [0.05, 0.1) is 7.11 Å². The number of hydrogen-bond donors (Lipinski definition) is 2. The zero-order chi connectivity index (χ0) is 12.1. The van der Waals surface area contributed by atoms with Gasteiger partial charge in [0.1, 0.15) is 5.75 Å². The van der Waals surface area contributed by atoms with E-state index in [9.17, 15) is 0 Å². The number of methoxy groups -OCH3 is 1. The van der Waals surface area contributed by atoms with E-state index in [4.69, 9.17) is 15.3 Å². The van der Waals surface area contributed by atoms with Crippen LogP contribution in [0.5, 0.6) is 17.8 Å². The van der Waals surface area contributed by atoms with Crippen LogP contribution in [0.2, 0.25) is 0 Å². The van der Waals surface area contributed by atoms with E-state index in [2.05, 4.69) is 20.4 Å². The summed E-state index contributed by atoms with van der Waals surface area (Å²) in [5.41, 5.74) is 2.31. The molecule has 17 heavy (non-hydrogen) atoms. The first-order chi connectivity index (χ1) is 8.31. The lowest BCUT2D eigenvalue weighted by Gasteiger charge is -2.06. The molecule has 88 valence electrons. The maximum atomic E-state index is 5.43. The smallest absolute Gasteiger partial charge is 0.330 e. The molecular formula is C10H11N5O2. The highest BCUT2D eigenvalue weighted by Gasteiger charge is 2.07. The quantitative estimate of drug-likeness (QED) is 0.599. The Hall–Kier alpha value is -2.41. The predicted molar refractivity (Wildman–Crippen MR) is 60.7 cm³/mol. The third-order valence-corrected chi connectivity index (χ3v) is 1.86. The summed E-state index contributed by atoms with van der Waals surface area (Å²) in [5, 5.41) is 0. The summed E-state index contributed by atoms with van der Waals surface area (Å²) in [6.45, 7) is 0. The first-order valence-electron chi connectivity index (χ1n) is 4.81. The number of benzene rings is 1. The standard InChI is InChI=1S/C10H11N5O2/c1-16-9-12-8(15-11)13-10(14-9)17-7-5-3-2-4-6-7/h2-6H,11H2,1H3,(H,12,13,14,15). The summed E-state index contributed by atoms with van der Waals surface area (Å²) in [4.78, 5) is 11.7. The lowest BCUT2D eigenvalue weighted by molar-refractivity contribution is 0.360. The van der Waals surface area contributed by atoms with Gasteiger partial charge in [-0.25, -0.2) is 5.84 Å². The maximum absolute atomic E-state index is 5.43. The predicted octanol–water partition coefficient (Wildman–Crippen LogP) is 0.958. The normalized spacial score (nSPS) is 9.76. The molecule has 3 N–H and O–H groups in total. The number of aromatic nitrogens is 3. The van der Waals surface area contributed by atoms with Crippen LogP contribution in [0.3, 0.4) is 0 Å². The van der Waals surface area contributed by atoms with Gasteiger partial charge in [-0.2, -0.15) is 9.97 Å². The van der Waals surface area contributed by atoms with Gasteiger partial charge in [0.15, 0.2) is 0 Å². The van der Waals surface area contributed by atoms with Gasteiger partial charge in [-0.15, -0.1) is 4.98 Å². The molecule has 0 atom stereocenters. The number of hydrogen-bond acceptors (Lipinski definition) is 7.